The van der Waals surface area contributed by atoms with Crippen LogP contribution in [0.4, 0.5) is 0 Å². The van der Waals surface area contributed by atoms with E-state index in [2.05, 4.69) is 27.7 Å². The minimum absolute atomic E-state index is 0.722. The number of hydrogen-bond donors (Lipinski definition) is 2. The maximum atomic E-state index is 5.77. The first-order chi connectivity index (χ1) is 11.5. The van der Waals surface area contributed by atoms with Gasteiger partial charge in [-0.15, -0.1) is 0 Å². The molecule has 0 amide bonds. The van der Waals surface area contributed by atoms with Gasteiger partial charge >= 0.3 is 0 Å². The zero-order valence-corrected chi connectivity index (χ0v) is 16.8. The Hall–Kier alpha value is -1.11. The van der Waals surface area contributed by atoms with Crippen molar-refractivity contribution in [2.24, 2.45) is 0 Å². The molecule has 0 aromatic carbocycles. The molecule has 0 atom stereocenters. The lowest BCUT2D eigenvalue weighted by molar-refractivity contribution is 0.162. The Morgan fingerprint density at radius 1 is 1.12 bits per heavy atom. The van der Waals surface area contributed by atoms with E-state index in [0.717, 1.165) is 62.2 Å². The highest BCUT2D eigenvalue weighted by atomic mass is 32.1. The average Bonchev–Trinajstić information content (AvgIpc) is 2.98. The lowest BCUT2D eigenvalue weighted by atomic mass is 10.1. The molecule has 2 N–H and O–H groups in total. The van der Waals surface area contributed by atoms with Gasteiger partial charge in [0, 0.05) is 33.2 Å². The number of hydrogen-bond acceptors (Lipinski definition) is 4. The van der Waals surface area contributed by atoms with Crippen LogP contribution < -0.4 is 10.6 Å². The van der Waals surface area contributed by atoms with E-state index in [1.165, 1.54) is 6.42 Å². The predicted molar refractivity (Wildman–Crippen MR) is 105 cm³/mol. The van der Waals surface area contributed by atoms with Gasteiger partial charge in [-0.05, 0) is 65.1 Å². The summed E-state index contributed by atoms with van der Waals surface area (Å²) >= 11 is 5.01. The largest absolute Gasteiger partial charge is 0.465 e. The molecule has 0 spiro atoms. The van der Waals surface area contributed by atoms with Gasteiger partial charge < -0.3 is 24.7 Å². The quantitative estimate of drug-likeness (QED) is 0.495. The molecule has 5 nitrogen and oxygen atoms in total. The van der Waals surface area contributed by atoms with Crippen molar-refractivity contribution in [1.82, 2.24) is 15.5 Å². The number of ether oxygens (including phenoxy) is 1. The van der Waals surface area contributed by atoms with Crippen LogP contribution in [0.1, 0.15) is 44.6 Å². The van der Waals surface area contributed by atoms with E-state index in [-0.39, 0.29) is 0 Å². The number of furan rings is 1. The molecule has 0 aliphatic heterocycles. The Kier molecular flexibility index (Phi) is 14.7. The van der Waals surface area contributed by atoms with E-state index in [0.29, 0.717) is 0 Å². The van der Waals surface area contributed by atoms with Crippen LogP contribution in [0.15, 0.2) is 16.5 Å². The molecular formula is C18H35N3O2S. The highest BCUT2D eigenvalue weighted by Gasteiger charge is 2.03. The van der Waals surface area contributed by atoms with Crippen LogP contribution >= 0.6 is 12.2 Å². The summed E-state index contributed by atoms with van der Waals surface area (Å²) in [5, 5.41) is 6.77. The number of nitrogens with zero attached hydrogens (tertiary/aromatic N) is 1. The van der Waals surface area contributed by atoms with Crippen molar-refractivity contribution < 1.29 is 9.15 Å². The SMILES string of the molecule is CCOCC.CNC(=S)NCCCCCc1ccc(CN(C)C)o1. The van der Waals surface area contributed by atoms with Gasteiger partial charge in [0.2, 0.25) is 0 Å². The van der Waals surface area contributed by atoms with E-state index < -0.39 is 0 Å². The highest BCUT2D eigenvalue weighted by Crippen LogP contribution is 2.12. The van der Waals surface area contributed by atoms with Gasteiger partial charge in [-0.25, -0.2) is 0 Å². The molecule has 0 fully saturated rings. The van der Waals surface area contributed by atoms with Crippen molar-refractivity contribution in [2.45, 2.75) is 46.1 Å². The lowest BCUT2D eigenvalue weighted by Crippen LogP contribution is -2.32. The minimum Gasteiger partial charge on any atom is -0.465 e. The fourth-order valence-electron chi connectivity index (χ4n) is 2.05. The van der Waals surface area contributed by atoms with Gasteiger partial charge in [-0.3, -0.25) is 0 Å². The van der Waals surface area contributed by atoms with E-state index in [4.69, 9.17) is 21.4 Å². The smallest absolute Gasteiger partial charge is 0.166 e. The van der Waals surface area contributed by atoms with Crippen molar-refractivity contribution in [3.63, 3.8) is 0 Å². The molecule has 0 aliphatic rings. The molecule has 1 heterocycles. The normalized spacial score (nSPS) is 10.2. The maximum absolute atomic E-state index is 5.77. The third kappa shape index (κ3) is 13.3. The Labute approximate surface area is 153 Å². The van der Waals surface area contributed by atoms with E-state index in [1.807, 2.05) is 35.0 Å². The predicted octanol–water partition coefficient (Wildman–Crippen LogP) is 3.19. The number of nitrogens with one attached hydrogen (secondary N) is 2. The van der Waals surface area contributed by atoms with Crippen molar-refractivity contribution in [1.29, 1.82) is 0 Å². The fraction of sp³-hybridized carbons (Fsp3) is 0.722. The molecule has 1 aromatic heterocycles. The number of aryl methyl sites for hydroxylation is 1. The van der Waals surface area contributed by atoms with E-state index in [9.17, 15) is 0 Å². The second kappa shape index (κ2) is 15.4. The summed E-state index contributed by atoms with van der Waals surface area (Å²) in [5.41, 5.74) is 0. The third-order valence-corrected chi connectivity index (χ3v) is 3.56. The number of thiocarbonyl (C=S) groups is 1. The van der Waals surface area contributed by atoms with Crippen LogP contribution in [0.3, 0.4) is 0 Å². The Morgan fingerprint density at radius 3 is 2.33 bits per heavy atom. The molecule has 0 bridgehead atoms. The van der Waals surface area contributed by atoms with Gasteiger partial charge in [0.1, 0.15) is 11.5 Å². The van der Waals surface area contributed by atoms with E-state index in [1.54, 1.807) is 0 Å². The second-order valence-electron chi connectivity index (χ2n) is 5.70. The molecular weight excluding hydrogens is 322 g/mol. The summed E-state index contributed by atoms with van der Waals surface area (Å²) < 4.78 is 10.6. The van der Waals surface area contributed by atoms with Gasteiger partial charge in [-0.1, -0.05) is 6.42 Å². The van der Waals surface area contributed by atoms with Crippen molar-refractivity contribution >= 4 is 17.3 Å². The zero-order valence-electron chi connectivity index (χ0n) is 16.0. The van der Waals surface area contributed by atoms with Crippen molar-refractivity contribution in [3.8, 4) is 0 Å². The van der Waals surface area contributed by atoms with Crippen LogP contribution in [-0.4, -0.2) is 50.9 Å². The first kappa shape index (κ1) is 22.9. The topological polar surface area (TPSA) is 49.7 Å². The van der Waals surface area contributed by atoms with Gasteiger partial charge in [0.05, 0.1) is 6.54 Å². The molecule has 0 saturated carbocycles. The summed E-state index contributed by atoms with van der Waals surface area (Å²) in [6.07, 6.45) is 4.49. The monoisotopic (exact) mass is 357 g/mol. The minimum atomic E-state index is 0.722. The average molecular weight is 358 g/mol. The summed E-state index contributed by atoms with van der Waals surface area (Å²) in [5.74, 6) is 2.14. The van der Waals surface area contributed by atoms with Crippen molar-refractivity contribution in [2.75, 3.05) is 40.9 Å². The maximum Gasteiger partial charge on any atom is 0.166 e. The summed E-state index contributed by atoms with van der Waals surface area (Å²) in [6, 6.07) is 4.16. The van der Waals surface area contributed by atoms with Gasteiger partial charge in [-0.2, -0.15) is 0 Å². The zero-order chi connectivity index (χ0) is 18.2. The van der Waals surface area contributed by atoms with Crippen molar-refractivity contribution in [3.05, 3.63) is 23.7 Å². The number of rotatable bonds is 10. The molecule has 0 saturated heterocycles. The first-order valence-corrected chi connectivity index (χ1v) is 9.19. The Bertz CT molecular complexity index is 420. The first-order valence-electron chi connectivity index (χ1n) is 8.79. The van der Waals surface area contributed by atoms with Gasteiger partial charge in [0.25, 0.3) is 0 Å². The molecule has 24 heavy (non-hydrogen) atoms. The van der Waals surface area contributed by atoms with Crippen LogP contribution in [0.25, 0.3) is 0 Å². The van der Waals surface area contributed by atoms with Crippen LogP contribution in [-0.2, 0) is 17.7 Å². The van der Waals surface area contributed by atoms with Gasteiger partial charge in [0.15, 0.2) is 5.11 Å². The molecule has 1 aromatic rings. The van der Waals surface area contributed by atoms with Crippen LogP contribution in [0.2, 0.25) is 0 Å². The molecule has 0 aliphatic carbocycles. The highest BCUT2D eigenvalue weighted by molar-refractivity contribution is 7.80. The molecule has 140 valence electrons. The summed E-state index contributed by atoms with van der Waals surface area (Å²) in [4.78, 5) is 2.11. The second-order valence-corrected chi connectivity index (χ2v) is 6.11. The summed E-state index contributed by atoms with van der Waals surface area (Å²) in [7, 11) is 5.92. The molecule has 0 unspecified atom stereocenters. The summed E-state index contributed by atoms with van der Waals surface area (Å²) in [6.45, 7) is 7.47. The lowest BCUT2D eigenvalue weighted by Gasteiger charge is -2.06. The number of unbranched alkanes of at least 4 members (excludes halogenated alkanes) is 2. The Balaban J connectivity index is 0.000000922. The standard InChI is InChI=1S/C14H25N3OS.C4H10O/c1-15-14(19)16-10-6-4-5-7-12-8-9-13(18-12)11-17(2)3;1-3-5-4-2/h8-9H,4-7,10-11H2,1-3H3,(H2,15,16,19);3-4H2,1-2H3. The Morgan fingerprint density at radius 2 is 1.79 bits per heavy atom. The fourth-order valence-corrected chi connectivity index (χ4v) is 2.15. The van der Waals surface area contributed by atoms with E-state index >= 15 is 0 Å². The van der Waals surface area contributed by atoms with Crippen LogP contribution in [0, 0.1) is 0 Å². The van der Waals surface area contributed by atoms with Crippen LogP contribution in [0.5, 0.6) is 0 Å². The molecule has 1 rings (SSSR count). The molecule has 0 radical (unpaired) electrons. The molecule has 6 heteroatoms. The third-order valence-electron chi connectivity index (χ3n) is 3.21.